The first-order chi connectivity index (χ1) is 11.7. The monoisotopic (exact) mass is 372 g/mol. The van der Waals surface area contributed by atoms with Gasteiger partial charge in [-0.05, 0) is 18.2 Å². The van der Waals surface area contributed by atoms with Crippen LogP contribution < -0.4 is 0 Å². The van der Waals surface area contributed by atoms with Crippen molar-refractivity contribution in [2.75, 3.05) is 38.5 Å². The van der Waals surface area contributed by atoms with Crippen LogP contribution in [0, 0.1) is 0 Å². The van der Waals surface area contributed by atoms with Gasteiger partial charge in [0.25, 0.3) is 16.0 Å². The Balaban J connectivity index is 1.90. The second-order valence-electron chi connectivity index (χ2n) is 5.88. The second-order valence-corrected chi connectivity index (χ2v) is 7.38. The number of amides is 1. The van der Waals surface area contributed by atoms with Crippen LogP contribution in [0.15, 0.2) is 24.3 Å². The Morgan fingerprint density at radius 2 is 1.72 bits per heavy atom. The number of aliphatic hydroxyl groups excluding tert-OH is 1. The van der Waals surface area contributed by atoms with Crippen molar-refractivity contribution in [1.82, 2.24) is 9.80 Å². The lowest BCUT2D eigenvalue weighted by atomic mass is 10.1. The van der Waals surface area contributed by atoms with Crippen LogP contribution in [0.3, 0.4) is 0 Å². The molecule has 1 aromatic carbocycles. The summed E-state index contributed by atoms with van der Waals surface area (Å²) < 4.78 is 30.2. The maximum absolute atomic E-state index is 12.4. The molecule has 1 amide bonds. The van der Waals surface area contributed by atoms with Crippen molar-refractivity contribution in [1.29, 1.82) is 0 Å². The zero-order valence-electron chi connectivity index (χ0n) is 13.4. The average Bonchev–Trinajstić information content (AvgIpc) is 2.53. The number of nitrogens with zero attached hydrogens (tertiary/aromatic N) is 2. The molecule has 2 rings (SSSR count). The summed E-state index contributed by atoms with van der Waals surface area (Å²) >= 11 is 0. The zero-order valence-corrected chi connectivity index (χ0v) is 14.2. The third kappa shape index (κ3) is 5.78. The summed E-state index contributed by atoms with van der Waals surface area (Å²) in [6, 6.07) is 5.80. The van der Waals surface area contributed by atoms with Crippen LogP contribution in [0.2, 0.25) is 0 Å². The molecule has 1 aliphatic rings. The molecule has 0 radical (unpaired) electrons. The Morgan fingerprint density at radius 1 is 1.12 bits per heavy atom. The van der Waals surface area contributed by atoms with Gasteiger partial charge >= 0.3 is 5.97 Å². The average molecular weight is 372 g/mol. The van der Waals surface area contributed by atoms with E-state index in [1.54, 1.807) is 15.9 Å². The molecule has 0 spiro atoms. The van der Waals surface area contributed by atoms with Crippen LogP contribution in [0.1, 0.15) is 20.7 Å². The minimum absolute atomic E-state index is 0.0396. The van der Waals surface area contributed by atoms with Gasteiger partial charge in [0.15, 0.2) is 0 Å². The molecule has 10 heteroatoms. The van der Waals surface area contributed by atoms with Crippen molar-refractivity contribution in [3.05, 3.63) is 35.4 Å². The topological polar surface area (TPSA) is 135 Å². The summed E-state index contributed by atoms with van der Waals surface area (Å²) in [5.74, 6) is -2.11. The standard InChI is InChI=1S/C15H20N2O7S/c18-13(10-25(22,23)24)9-16-4-6-17(7-5-16)14(19)11-2-1-3-12(8-11)15(20)21/h1-3,8,13,18H,4-7,9-10H2,(H,20,21)(H,22,23,24)/t13-/m1/s1. The molecule has 1 aromatic rings. The molecule has 1 saturated heterocycles. The number of carboxylic acid groups (broad SMARTS) is 1. The predicted molar refractivity (Wildman–Crippen MR) is 88.2 cm³/mol. The lowest BCUT2D eigenvalue weighted by Gasteiger charge is -2.35. The van der Waals surface area contributed by atoms with Crippen molar-refractivity contribution in [2.24, 2.45) is 0 Å². The highest BCUT2D eigenvalue weighted by Crippen LogP contribution is 2.12. The van der Waals surface area contributed by atoms with Gasteiger partial charge in [-0.25, -0.2) is 4.79 Å². The molecule has 1 fully saturated rings. The van der Waals surface area contributed by atoms with Gasteiger partial charge in [0.1, 0.15) is 5.75 Å². The van der Waals surface area contributed by atoms with Crippen molar-refractivity contribution in [3.8, 4) is 0 Å². The van der Waals surface area contributed by atoms with Gasteiger partial charge in [0.2, 0.25) is 0 Å². The number of piperazine rings is 1. The predicted octanol–water partition coefficient (Wildman–Crippen LogP) is -0.609. The summed E-state index contributed by atoms with van der Waals surface area (Å²) in [4.78, 5) is 26.8. The van der Waals surface area contributed by atoms with E-state index in [9.17, 15) is 23.1 Å². The van der Waals surface area contributed by atoms with E-state index in [1.807, 2.05) is 0 Å². The van der Waals surface area contributed by atoms with Crippen LogP contribution >= 0.6 is 0 Å². The number of β-amino-alcohol motifs (C(OH)–C–C–N with tert-alkyl or cyclic N) is 1. The first-order valence-electron chi connectivity index (χ1n) is 7.64. The van der Waals surface area contributed by atoms with E-state index >= 15 is 0 Å². The number of aromatic carboxylic acids is 1. The third-order valence-electron chi connectivity index (χ3n) is 3.89. The number of carboxylic acids is 1. The molecule has 138 valence electrons. The maximum Gasteiger partial charge on any atom is 0.335 e. The van der Waals surface area contributed by atoms with Gasteiger partial charge in [-0.3, -0.25) is 14.2 Å². The molecule has 9 nitrogen and oxygen atoms in total. The SMILES string of the molecule is O=C(O)c1cccc(C(=O)N2CCN(C[C@@H](O)CS(=O)(=O)O)CC2)c1. The molecule has 1 aliphatic heterocycles. The summed E-state index contributed by atoms with van der Waals surface area (Å²) in [5.41, 5.74) is 0.331. The maximum atomic E-state index is 12.4. The van der Waals surface area contributed by atoms with Gasteiger partial charge in [-0.15, -0.1) is 0 Å². The Bertz CT molecular complexity index is 742. The van der Waals surface area contributed by atoms with Crippen molar-refractivity contribution >= 4 is 22.0 Å². The van der Waals surface area contributed by atoms with Crippen LogP contribution in [0.25, 0.3) is 0 Å². The minimum atomic E-state index is -4.23. The lowest BCUT2D eigenvalue weighted by Crippen LogP contribution is -2.51. The molecule has 1 heterocycles. The van der Waals surface area contributed by atoms with Gasteiger partial charge < -0.3 is 15.1 Å². The van der Waals surface area contributed by atoms with E-state index in [0.717, 1.165) is 0 Å². The number of hydrogen-bond donors (Lipinski definition) is 3. The highest BCUT2D eigenvalue weighted by Gasteiger charge is 2.25. The molecule has 25 heavy (non-hydrogen) atoms. The van der Waals surface area contributed by atoms with Crippen LogP contribution in [-0.4, -0.2) is 89.4 Å². The fraction of sp³-hybridized carbons (Fsp3) is 0.467. The number of carbonyl (C=O) groups is 2. The van der Waals surface area contributed by atoms with E-state index in [0.29, 0.717) is 31.7 Å². The lowest BCUT2D eigenvalue weighted by molar-refractivity contribution is 0.0556. The Kier molecular flexibility index (Phi) is 6.11. The number of hydrogen-bond acceptors (Lipinski definition) is 6. The van der Waals surface area contributed by atoms with Crippen LogP contribution in [-0.2, 0) is 10.1 Å². The largest absolute Gasteiger partial charge is 0.478 e. The summed E-state index contributed by atoms with van der Waals surface area (Å²) in [6.07, 6.45) is -1.20. The third-order valence-corrected chi connectivity index (χ3v) is 4.69. The van der Waals surface area contributed by atoms with Crippen LogP contribution in [0.5, 0.6) is 0 Å². The van der Waals surface area contributed by atoms with Gasteiger partial charge in [0.05, 0.1) is 11.7 Å². The summed E-state index contributed by atoms with van der Waals surface area (Å²) in [6.45, 7) is 1.69. The second kappa shape index (κ2) is 7.91. The van der Waals surface area contributed by atoms with E-state index in [4.69, 9.17) is 9.66 Å². The van der Waals surface area contributed by atoms with Crippen molar-refractivity contribution in [3.63, 3.8) is 0 Å². The first kappa shape index (κ1) is 19.3. The van der Waals surface area contributed by atoms with Gasteiger partial charge in [0, 0.05) is 38.3 Å². The highest BCUT2D eigenvalue weighted by atomic mass is 32.2. The molecule has 1 atom stereocenters. The fourth-order valence-electron chi connectivity index (χ4n) is 2.70. The number of benzene rings is 1. The van der Waals surface area contributed by atoms with Crippen LogP contribution in [0.4, 0.5) is 0 Å². The molecule has 0 aliphatic carbocycles. The van der Waals surface area contributed by atoms with E-state index in [1.165, 1.54) is 18.2 Å². The molecule has 0 aromatic heterocycles. The summed E-state index contributed by atoms with van der Waals surface area (Å²) in [5, 5.41) is 18.6. The van der Waals surface area contributed by atoms with E-state index in [-0.39, 0.29) is 18.0 Å². The minimum Gasteiger partial charge on any atom is -0.478 e. The smallest absolute Gasteiger partial charge is 0.335 e. The number of rotatable bonds is 6. The summed E-state index contributed by atoms with van der Waals surface area (Å²) in [7, 11) is -4.23. The Labute approximate surface area is 145 Å². The molecule has 0 saturated carbocycles. The first-order valence-corrected chi connectivity index (χ1v) is 9.25. The van der Waals surface area contributed by atoms with E-state index < -0.39 is 27.9 Å². The quantitative estimate of drug-likeness (QED) is 0.563. The fourth-order valence-corrected chi connectivity index (χ4v) is 3.29. The number of aliphatic hydroxyl groups is 1. The van der Waals surface area contributed by atoms with Crippen molar-refractivity contribution < 1.29 is 32.8 Å². The molecular weight excluding hydrogens is 352 g/mol. The molecule has 0 bridgehead atoms. The van der Waals surface area contributed by atoms with Gasteiger partial charge in [-0.1, -0.05) is 6.07 Å². The highest BCUT2D eigenvalue weighted by molar-refractivity contribution is 7.85. The number of carbonyl (C=O) groups excluding carboxylic acids is 1. The van der Waals surface area contributed by atoms with E-state index in [2.05, 4.69) is 0 Å². The Hall–Kier alpha value is -2.01. The van der Waals surface area contributed by atoms with Gasteiger partial charge in [-0.2, -0.15) is 8.42 Å². The van der Waals surface area contributed by atoms with Crippen molar-refractivity contribution in [2.45, 2.75) is 6.10 Å². The molecular formula is C15H20N2O7S. The zero-order chi connectivity index (χ0) is 18.6. The molecule has 3 N–H and O–H groups in total. The molecule has 0 unspecified atom stereocenters. The normalized spacial score (nSPS) is 17.3. The Morgan fingerprint density at radius 3 is 2.28 bits per heavy atom.